The summed E-state index contributed by atoms with van der Waals surface area (Å²) in [6, 6.07) is 7.98. The lowest BCUT2D eigenvalue weighted by Crippen LogP contribution is -2.24. The molecule has 2 aromatic rings. The smallest absolute Gasteiger partial charge is 0.291 e. The first-order valence-corrected chi connectivity index (χ1v) is 6.49. The van der Waals surface area contributed by atoms with Crippen LogP contribution in [0.2, 0.25) is 0 Å². The molecule has 2 N–H and O–H groups in total. The minimum Gasteiger partial charge on any atom is -0.345 e. The number of rotatable bonds is 4. The largest absolute Gasteiger partial charge is 0.345 e. The maximum absolute atomic E-state index is 11.9. The van der Waals surface area contributed by atoms with Crippen LogP contribution in [0.4, 0.5) is 0 Å². The Balaban J connectivity index is 1.63. The summed E-state index contributed by atoms with van der Waals surface area (Å²) >= 11 is 0. The summed E-state index contributed by atoms with van der Waals surface area (Å²) in [5.74, 6) is 1.31. The van der Waals surface area contributed by atoms with Crippen molar-refractivity contribution in [1.29, 1.82) is 0 Å². The molecule has 0 unspecified atom stereocenters. The predicted octanol–water partition coefficient (Wildman–Crippen LogP) is 1.92. The van der Waals surface area contributed by atoms with Gasteiger partial charge in [-0.1, -0.05) is 24.3 Å². The standard InChI is InChI=1S/C14H16N4O/c1-9-4-2-3-5-11(9)8-15-14(19)13-16-12(17-18-13)10-6-7-10/h2-5,10H,6-8H2,1H3,(H,15,19)(H,16,17,18). The van der Waals surface area contributed by atoms with Gasteiger partial charge in [0.25, 0.3) is 5.91 Å². The second kappa shape index (κ2) is 4.84. The summed E-state index contributed by atoms with van der Waals surface area (Å²) in [5.41, 5.74) is 2.27. The van der Waals surface area contributed by atoms with Gasteiger partial charge in [-0.05, 0) is 30.9 Å². The highest BCUT2D eigenvalue weighted by molar-refractivity contribution is 5.90. The Morgan fingerprint density at radius 3 is 2.95 bits per heavy atom. The average Bonchev–Trinajstić information content (AvgIpc) is 3.15. The molecular formula is C14H16N4O. The van der Waals surface area contributed by atoms with E-state index in [1.165, 1.54) is 0 Å². The molecule has 0 atom stereocenters. The number of aromatic amines is 1. The van der Waals surface area contributed by atoms with Gasteiger partial charge in [0.2, 0.25) is 5.82 Å². The van der Waals surface area contributed by atoms with E-state index in [2.05, 4.69) is 20.5 Å². The number of nitrogens with one attached hydrogen (secondary N) is 2. The van der Waals surface area contributed by atoms with Crippen LogP contribution in [-0.2, 0) is 6.54 Å². The number of H-pyrrole nitrogens is 1. The van der Waals surface area contributed by atoms with Crippen LogP contribution in [0.1, 0.15) is 46.3 Å². The lowest BCUT2D eigenvalue weighted by molar-refractivity contribution is 0.0941. The minimum atomic E-state index is -0.230. The van der Waals surface area contributed by atoms with Crippen LogP contribution in [0.3, 0.4) is 0 Å². The first kappa shape index (κ1) is 11.9. The third-order valence-electron chi connectivity index (χ3n) is 3.37. The first-order valence-electron chi connectivity index (χ1n) is 6.49. The van der Waals surface area contributed by atoms with Gasteiger partial charge in [0.05, 0.1) is 0 Å². The van der Waals surface area contributed by atoms with Gasteiger partial charge in [0.1, 0.15) is 5.82 Å². The van der Waals surface area contributed by atoms with Gasteiger partial charge >= 0.3 is 0 Å². The zero-order chi connectivity index (χ0) is 13.2. The number of benzene rings is 1. The van der Waals surface area contributed by atoms with Crippen molar-refractivity contribution in [2.24, 2.45) is 0 Å². The average molecular weight is 256 g/mol. The van der Waals surface area contributed by atoms with Crippen molar-refractivity contribution in [1.82, 2.24) is 20.5 Å². The molecular weight excluding hydrogens is 240 g/mol. The summed E-state index contributed by atoms with van der Waals surface area (Å²) in [5, 5.41) is 9.64. The third kappa shape index (κ3) is 2.65. The van der Waals surface area contributed by atoms with E-state index in [1.54, 1.807) is 0 Å². The van der Waals surface area contributed by atoms with Crippen molar-refractivity contribution >= 4 is 5.91 Å². The van der Waals surface area contributed by atoms with Gasteiger partial charge in [0.15, 0.2) is 0 Å². The highest BCUT2D eigenvalue weighted by Crippen LogP contribution is 2.37. The quantitative estimate of drug-likeness (QED) is 0.878. The van der Waals surface area contributed by atoms with E-state index in [0.29, 0.717) is 12.5 Å². The van der Waals surface area contributed by atoms with E-state index in [9.17, 15) is 4.79 Å². The fraction of sp³-hybridized carbons (Fsp3) is 0.357. The molecule has 0 saturated heterocycles. The van der Waals surface area contributed by atoms with E-state index in [4.69, 9.17) is 0 Å². The van der Waals surface area contributed by atoms with E-state index in [-0.39, 0.29) is 11.7 Å². The molecule has 0 bridgehead atoms. The van der Waals surface area contributed by atoms with Crippen LogP contribution < -0.4 is 5.32 Å². The van der Waals surface area contributed by atoms with Gasteiger partial charge in [-0.15, -0.1) is 5.10 Å². The van der Waals surface area contributed by atoms with Crippen LogP contribution in [-0.4, -0.2) is 21.1 Å². The van der Waals surface area contributed by atoms with Crippen LogP contribution in [0.25, 0.3) is 0 Å². The monoisotopic (exact) mass is 256 g/mol. The van der Waals surface area contributed by atoms with Gasteiger partial charge in [0, 0.05) is 12.5 Å². The Morgan fingerprint density at radius 1 is 1.42 bits per heavy atom. The molecule has 5 nitrogen and oxygen atoms in total. The molecule has 0 spiro atoms. The van der Waals surface area contributed by atoms with Crippen molar-refractivity contribution < 1.29 is 4.79 Å². The Labute approximate surface area is 111 Å². The maximum atomic E-state index is 11.9. The predicted molar refractivity (Wildman–Crippen MR) is 70.7 cm³/mol. The minimum absolute atomic E-state index is 0.230. The summed E-state index contributed by atoms with van der Waals surface area (Å²) < 4.78 is 0. The lowest BCUT2D eigenvalue weighted by atomic mass is 10.1. The fourth-order valence-corrected chi connectivity index (χ4v) is 1.98. The number of carbonyl (C=O) groups is 1. The molecule has 98 valence electrons. The Kier molecular flexibility index (Phi) is 3.03. The Morgan fingerprint density at radius 2 is 2.21 bits per heavy atom. The number of aryl methyl sites for hydroxylation is 1. The zero-order valence-corrected chi connectivity index (χ0v) is 10.8. The van der Waals surface area contributed by atoms with E-state index in [0.717, 1.165) is 29.8 Å². The van der Waals surface area contributed by atoms with E-state index in [1.807, 2.05) is 31.2 Å². The fourth-order valence-electron chi connectivity index (χ4n) is 1.98. The molecule has 3 rings (SSSR count). The van der Waals surface area contributed by atoms with Crippen LogP contribution in [0.15, 0.2) is 24.3 Å². The van der Waals surface area contributed by atoms with Crippen LogP contribution >= 0.6 is 0 Å². The van der Waals surface area contributed by atoms with Crippen molar-refractivity contribution in [3.63, 3.8) is 0 Å². The van der Waals surface area contributed by atoms with Gasteiger partial charge in [-0.25, -0.2) is 4.98 Å². The van der Waals surface area contributed by atoms with E-state index < -0.39 is 0 Å². The summed E-state index contributed by atoms with van der Waals surface area (Å²) in [6.07, 6.45) is 2.28. The summed E-state index contributed by atoms with van der Waals surface area (Å²) in [6.45, 7) is 2.53. The van der Waals surface area contributed by atoms with Crippen molar-refractivity contribution in [3.05, 3.63) is 47.0 Å². The molecule has 1 aromatic carbocycles. The van der Waals surface area contributed by atoms with Crippen molar-refractivity contribution in [2.75, 3.05) is 0 Å². The lowest BCUT2D eigenvalue weighted by Gasteiger charge is -2.05. The molecule has 1 heterocycles. The van der Waals surface area contributed by atoms with Crippen molar-refractivity contribution in [3.8, 4) is 0 Å². The summed E-state index contributed by atoms with van der Waals surface area (Å²) in [7, 11) is 0. The second-order valence-corrected chi connectivity index (χ2v) is 4.93. The van der Waals surface area contributed by atoms with Crippen LogP contribution in [0.5, 0.6) is 0 Å². The molecule has 1 aliphatic carbocycles. The number of nitrogens with zero attached hydrogens (tertiary/aromatic N) is 2. The number of amides is 1. The molecule has 1 saturated carbocycles. The molecule has 1 amide bonds. The first-order chi connectivity index (χ1) is 9.24. The Hall–Kier alpha value is -2.17. The zero-order valence-electron chi connectivity index (χ0n) is 10.8. The highest BCUT2D eigenvalue weighted by atomic mass is 16.2. The molecule has 19 heavy (non-hydrogen) atoms. The molecule has 5 heteroatoms. The number of hydrogen-bond acceptors (Lipinski definition) is 3. The van der Waals surface area contributed by atoms with E-state index >= 15 is 0 Å². The number of aromatic nitrogens is 3. The van der Waals surface area contributed by atoms with Crippen molar-refractivity contribution in [2.45, 2.75) is 32.2 Å². The molecule has 1 fully saturated rings. The maximum Gasteiger partial charge on any atom is 0.291 e. The van der Waals surface area contributed by atoms with Gasteiger partial charge < -0.3 is 5.32 Å². The molecule has 1 aromatic heterocycles. The Bertz CT molecular complexity index is 601. The second-order valence-electron chi connectivity index (χ2n) is 4.93. The highest BCUT2D eigenvalue weighted by Gasteiger charge is 2.28. The number of hydrogen-bond donors (Lipinski definition) is 2. The molecule has 0 radical (unpaired) electrons. The topological polar surface area (TPSA) is 70.7 Å². The summed E-state index contributed by atoms with van der Waals surface area (Å²) in [4.78, 5) is 16.2. The van der Waals surface area contributed by atoms with Gasteiger partial charge in [-0.2, -0.15) is 0 Å². The normalized spacial score (nSPS) is 14.4. The number of carbonyl (C=O) groups excluding carboxylic acids is 1. The third-order valence-corrected chi connectivity index (χ3v) is 3.37. The molecule has 0 aliphatic heterocycles. The van der Waals surface area contributed by atoms with Crippen LogP contribution in [0, 0.1) is 6.92 Å². The molecule has 1 aliphatic rings. The SMILES string of the molecule is Cc1ccccc1CNC(=O)c1n[nH]c(C2CC2)n1. The van der Waals surface area contributed by atoms with Gasteiger partial charge in [-0.3, -0.25) is 9.89 Å².